The number of nitrogen functional groups attached to an aromatic ring is 1. The highest BCUT2D eigenvalue weighted by Crippen LogP contribution is 2.19. The summed E-state index contributed by atoms with van der Waals surface area (Å²) in [6.07, 6.45) is 0. The lowest BCUT2D eigenvalue weighted by atomic mass is 10.2. The Morgan fingerprint density at radius 3 is 2.87 bits per heavy atom. The van der Waals surface area contributed by atoms with Crippen molar-refractivity contribution in [2.75, 3.05) is 35.6 Å². The molecule has 0 amide bonds. The number of anilines is 3. The molecule has 0 unspecified atom stereocenters. The first-order valence-corrected chi connectivity index (χ1v) is 7.71. The molecule has 1 aliphatic rings. The van der Waals surface area contributed by atoms with E-state index in [0.29, 0.717) is 18.4 Å². The van der Waals surface area contributed by atoms with E-state index in [1.807, 2.05) is 6.07 Å². The van der Waals surface area contributed by atoms with Crippen LogP contribution in [-0.2, 0) is 6.54 Å². The van der Waals surface area contributed by atoms with Crippen LogP contribution in [0.2, 0.25) is 0 Å². The first-order chi connectivity index (χ1) is 11.1. The van der Waals surface area contributed by atoms with Crippen LogP contribution < -0.4 is 21.3 Å². The lowest BCUT2D eigenvalue weighted by Crippen LogP contribution is -2.49. The van der Waals surface area contributed by atoms with E-state index in [-0.39, 0.29) is 11.8 Å². The Balaban J connectivity index is 1.71. The summed E-state index contributed by atoms with van der Waals surface area (Å²) in [5.41, 5.74) is 6.81. The highest BCUT2D eigenvalue weighted by Gasteiger charge is 2.18. The van der Waals surface area contributed by atoms with Gasteiger partial charge in [-0.25, -0.2) is 4.39 Å². The van der Waals surface area contributed by atoms with E-state index >= 15 is 0 Å². The predicted molar refractivity (Wildman–Crippen MR) is 89.8 cm³/mol. The van der Waals surface area contributed by atoms with Crippen molar-refractivity contribution in [1.29, 1.82) is 0 Å². The molecular weight excluding hydrogens is 295 g/mol. The number of piperazine rings is 1. The van der Waals surface area contributed by atoms with Crippen molar-refractivity contribution < 1.29 is 4.39 Å². The summed E-state index contributed by atoms with van der Waals surface area (Å²) in [7, 11) is 0. The molecule has 4 N–H and O–H groups in total. The van der Waals surface area contributed by atoms with Crippen LogP contribution in [0.15, 0.2) is 30.3 Å². The van der Waals surface area contributed by atoms with E-state index in [9.17, 15) is 4.39 Å². The molecule has 0 aliphatic carbocycles. The maximum absolute atomic E-state index is 12.9. The van der Waals surface area contributed by atoms with Crippen molar-refractivity contribution in [2.24, 2.45) is 0 Å². The number of nitrogens with zero attached hydrogens (tertiary/aromatic N) is 3. The molecule has 0 spiro atoms. The molecule has 122 valence electrons. The number of aromatic nitrogens is 2. The van der Waals surface area contributed by atoms with Crippen LogP contribution in [0, 0.1) is 5.82 Å². The van der Waals surface area contributed by atoms with E-state index in [0.717, 1.165) is 31.0 Å². The Morgan fingerprint density at radius 1 is 1.35 bits per heavy atom. The topological polar surface area (TPSA) is 79.1 Å². The average Bonchev–Trinajstić information content (AvgIpc) is 2.54. The zero-order valence-electron chi connectivity index (χ0n) is 13.1. The molecule has 1 atom stereocenters. The molecule has 3 rings (SSSR count). The maximum atomic E-state index is 12.9. The van der Waals surface area contributed by atoms with Gasteiger partial charge in [0, 0.05) is 38.3 Å². The second-order valence-corrected chi connectivity index (χ2v) is 5.75. The maximum Gasteiger partial charge on any atom is 0.223 e. The van der Waals surface area contributed by atoms with Crippen molar-refractivity contribution in [2.45, 2.75) is 19.5 Å². The fourth-order valence-electron chi connectivity index (χ4n) is 2.64. The van der Waals surface area contributed by atoms with Crippen LogP contribution in [0.5, 0.6) is 0 Å². The highest BCUT2D eigenvalue weighted by molar-refractivity contribution is 5.53. The number of halogens is 1. The zero-order valence-corrected chi connectivity index (χ0v) is 13.1. The van der Waals surface area contributed by atoms with E-state index in [4.69, 9.17) is 5.73 Å². The lowest BCUT2D eigenvalue weighted by Gasteiger charge is -2.32. The van der Waals surface area contributed by atoms with Gasteiger partial charge in [0.2, 0.25) is 5.95 Å². The third kappa shape index (κ3) is 4.07. The Bertz CT molecular complexity index is 660. The summed E-state index contributed by atoms with van der Waals surface area (Å²) in [6, 6.07) is 8.68. The van der Waals surface area contributed by atoms with Crippen LogP contribution in [-0.4, -0.2) is 35.6 Å². The molecule has 1 saturated heterocycles. The summed E-state index contributed by atoms with van der Waals surface area (Å²) in [6.45, 7) is 5.38. The summed E-state index contributed by atoms with van der Waals surface area (Å²) >= 11 is 0. The normalized spacial score (nSPS) is 18.0. The van der Waals surface area contributed by atoms with Gasteiger partial charge in [0.05, 0.1) is 0 Å². The minimum atomic E-state index is -0.241. The number of hydrogen-bond donors (Lipinski definition) is 3. The minimum absolute atomic E-state index is 0.241. The number of rotatable bonds is 4. The molecule has 6 nitrogen and oxygen atoms in total. The van der Waals surface area contributed by atoms with E-state index < -0.39 is 0 Å². The first-order valence-electron chi connectivity index (χ1n) is 7.71. The molecule has 2 aromatic rings. The minimum Gasteiger partial charge on any atom is -0.368 e. The Labute approximate surface area is 134 Å². The molecule has 23 heavy (non-hydrogen) atoms. The van der Waals surface area contributed by atoms with Crippen LogP contribution in [0.4, 0.5) is 22.0 Å². The Morgan fingerprint density at radius 2 is 2.13 bits per heavy atom. The quantitative estimate of drug-likeness (QED) is 0.795. The Kier molecular flexibility index (Phi) is 4.57. The van der Waals surface area contributed by atoms with Crippen LogP contribution in [0.3, 0.4) is 0 Å². The smallest absolute Gasteiger partial charge is 0.223 e. The fourth-order valence-corrected chi connectivity index (χ4v) is 2.64. The molecule has 2 heterocycles. The van der Waals surface area contributed by atoms with Gasteiger partial charge in [-0.15, -0.1) is 0 Å². The van der Waals surface area contributed by atoms with Crippen molar-refractivity contribution in [3.8, 4) is 0 Å². The standard InChI is InChI=1S/C16H21FN6/c1-11-10-23(7-6-19-11)15-8-14(21-16(18)22-15)20-9-12-2-4-13(17)5-3-12/h2-5,8,11,19H,6-7,9-10H2,1H3,(H3,18,20,21,22)/t11-/m1/s1. The summed E-state index contributed by atoms with van der Waals surface area (Å²) in [4.78, 5) is 10.7. The van der Waals surface area contributed by atoms with Gasteiger partial charge in [0.25, 0.3) is 0 Å². The highest BCUT2D eigenvalue weighted by atomic mass is 19.1. The zero-order chi connectivity index (χ0) is 16.2. The second kappa shape index (κ2) is 6.78. The predicted octanol–water partition coefficient (Wildman–Crippen LogP) is 1.61. The molecule has 1 fully saturated rings. The summed E-state index contributed by atoms with van der Waals surface area (Å²) < 4.78 is 12.9. The number of nitrogens with one attached hydrogen (secondary N) is 2. The molecule has 0 bridgehead atoms. The van der Waals surface area contributed by atoms with Crippen LogP contribution >= 0.6 is 0 Å². The average molecular weight is 316 g/mol. The number of hydrogen-bond acceptors (Lipinski definition) is 6. The van der Waals surface area contributed by atoms with Gasteiger partial charge in [0.1, 0.15) is 17.5 Å². The third-order valence-electron chi connectivity index (χ3n) is 3.81. The van der Waals surface area contributed by atoms with E-state index in [2.05, 4.69) is 32.4 Å². The molecule has 7 heteroatoms. The first kappa shape index (κ1) is 15.5. The lowest BCUT2D eigenvalue weighted by molar-refractivity contribution is 0.482. The monoisotopic (exact) mass is 316 g/mol. The van der Waals surface area contributed by atoms with Crippen LogP contribution in [0.25, 0.3) is 0 Å². The van der Waals surface area contributed by atoms with Gasteiger partial charge in [-0.2, -0.15) is 9.97 Å². The summed E-state index contributed by atoms with van der Waals surface area (Å²) in [5.74, 6) is 1.50. The molecule has 1 aromatic heterocycles. The van der Waals surface area contributed by atoms with Gasteiger partial charge >= 0.3 is 0 Å². The SMILES string of the molecule is C[C@@H]1CN(c2cc(NCc3ccc(F)cc3)nc(N)n2)CCN1. The molecule has 0 saturated carbocycles. The van der Waals surface area contributed by atoms with Gasteiger partial charge < -0.3 is 21.3 Å². The van der Waals surface area contributed by atoms with Crippen molar-refractivity contribution in [1.82, 2.24) is 15.3 Å². The number of benzene rings is 1. The largest absolute Gasteiger partial charge is 0.368 e. The van der Waals surface area contributed by atoms with E-state index in [1.54, 1.807) is 12.1 Å². The van der Waals surface area contributed by atoms with Gasteiger partial charge in [-0.3, -0.25) is 0 Å². The van der Waals surface area contributed by atoms with E-state index in [1.165, 1.54) is 12.1 Å². The molecule has 1 aliphatic heterocycles. The van der Waals surface area contributed by atoms with Crippen molar-refractivity contribution in [3.05, 3.63) is 41.7 Å². The molecule has 0 radical (unpaired) electrons. The number of nitrogens with two attached hydrogens (primary N) is 1. The van der Waals surface area contributed by atoms with Crippen LogP contribution in [0.1, 0.15) is 12.5 Å². The fraction of sp³-hybridized carbons (Fsp3) is 0.375. The van der Waals surface area contributed by atoms with Crippen molar-refractivity contribution in [3.63, 3.8) is 0 Å². The second-order valence-electron chi connectivity index (χ2n) is 5.75. The Hall–Kier alpha value is -2.41. The van der Waals surface area contributed by atoms with Gasteiger partial charge in [0.15, 0.2) is 0 Å². The van der Waals surface area contributed by atoms with Gasteiger partial charge in [-0.05, 0) is 24.6 Å². The molecular formula is C16H21FN6. The van der Waals surface area contributed by atoms with Gasteiger partial charge in [-0.1, -0.05) is 12.1 Å². The van der Waals surface area contributed by atoms with Crippen molar-refractivity contribution >= 4 is 17.6 Å². The molecule has 1 aromatic carbocycles. The third-order valence-corrected chi connectivity index (χ3v) is 3.81. The summed E-state index contributed by atoms with van der Waals surface area (Å²) in [5, 5.41) is 6.62.